The molecule has 0 saturated carbocycles. The van der Waals surface area contributed by atoms with Gasteiger partial charge in [0.25, 0.3) is 11.4 Å². The van der Waals surface area contributed by atoms with Crippen molar-refractivity contribution in [1.29, 1.82) is 0 Å². The fraction of sp³-hybridized carbons (Fsp3) is 0. The van der Waals surface area contributed by atoms with Crippen LogP contribution in [0, 0.1) is 20.2 Å². The minimum atomic E-state index is -0.501. The van der Waals surface area contributed by atoms with Crippen LogP contribution in [0.3, 0.4) is 0 Å². The van der Waals surface area contributed by atoms with Crippen LogP contribution < -0.4 is 11.5 Å². The van der Waals surface area contributed by atoms with E-state index in [-0.39, 0.29) is 11.4 Å². The number of nitrogen functional groups attached to an aromatic ring is 2. The summed E-state index contributed by atoms with van der Waals surface area (Å²) in [5.74, 6) is 0. The van der Waals surface area contributed by atoms with E-state index in [1.807, 2.05) is 0 Å². The summed E-state index contributed by atoms with van der Waals surface area (Å²) in [6.07, 6.45) is 0. The Balaban J connectivity index is 1.76. The second-order valence-electron chi connectivity index (χ2n) is 7.04. The van der Waals surface area contributed by atoms with Crippen molar-refractivity contribution in [2.24, 2.45) is 20.5 Å². The highest BCUT2D eigenvalue weighted by atomic mass is 16.6. The average Bonchev–Trinajstić information content (AvgIpc) is 2.83. The summed E-state index contributed by atoms with van der Waals surface area (Å²) >= 11 is 0. The van der Waals surface area contributed by atoms with Gasteiger partial charge in [0.2, 0.25) is 0 Å². The van der Waals surface area contributed by atoms with Crippen molar-refractivity contribution in [2.75, 3.05) is 11.5 Å². The highest BCUT2D eigenvalue weighted by Gasteiger charge is 2.13. The third-order valence-electron chi connectivity index (χ3n) is 4.85. The van der Waals surface area contributed by atoms with Crippen LogP contribution in [0.15, 0.2) is 93.3 Å². The predicted molar refractivity (Wildman–Crippen MR) is 127 cm³/mol. The molecule has 0 radical (unpaired) electrons. The SMILES string of the molecule is Nc1ccc(N=Nc2ccc([N+](=O)[O-])cc2)c2c(N=Nc3ccc([N+](=O)[O-])cc3)ccc(N)c12. The topological polar surface area (TPSA) is 188 Å². The Morgan fingerprint density at radius 1 is 0.529 bits per heavy atom. The maximum absolute atomic E-state index is 10.8. The molecule has 0 atom stereocenters. The monoisotopic (exact) mass is 456 g/mol. The number of nitrogens with two attached hydrogens (primary N) is 2. The number of nitrogens with zero attached hydrogens (tertiary/aromatic N) is 6. The molecular formula is C22H16N8O4. The molecule has 0 fully saturated rings. The van der Waals surface area contributed by atoms with Crippen molar-refractivity contribution in [3.8, 4) is 0 Å². The molecule has 34 heavy (non-hydrogen) atoms. The van der Waals surface area contributed by atoms with Crippen LogP contribution in [-0.4, -0.2) is 9.85 Å². The number of azo groups is 2. The Hall–Kier alpha value is -5.26. The number of rotatable bonds is 6. The maximum Gasteiger partial charge on any atom is 0.269 e. The molecule has 12 heteroatoms. The fourth-order valence-electron chi connectivity index (χ4n) is 3.19. The average molecular weight is 456 g/mol. The third kappa shape index (κ3) is 4.50. The Bertz CT molecular complexity index is 1360. The van der Waals surface area contributed by atoms with Gasteiger partial charge in [0, 0.05) is 46.4 Å². The van der Waals surface area contributed by atoms with Gasteiger partial charge in [-0.05, 0) is 48.5 Å². The van der Waals surface area contributed by atoms with Crippen LogP contribution >= 0.6 is 0 Å². The summed E-state index contributed by atoms with van der Waals surface area (Å²) < 4.78 is 0. The summed E-state index contributed by atoms with van der Waals surface area (Å²) in [4.78, 5) is 20.7. The zero-order chi connectivity index (χ0) is 24.2. The van der Waals surface area contributed by atoms with E-state index in [0.29, 0.717) is 44.9 Å². The van der Waals surface area contributed by atoms with Gasteiger partial charge in [-0.3, -0.25) is 20.2 Å². The standard InChI is InChI=1S/C22H16N8O4/c23-17-9-11-19(27-25-13-1-5-15(6-2-13)29(31)32)22-20(12-10-18(24)21(17)22)28-26-14-3-7-16(8-4-14)30(33)34/h1-12H,23-24H2. The van der Waals surface area contributed by atoms with E-state index < -0.39 is 9.85 Å². The molecule has 0 aliphatic carbocycles. The lowest BCUT2D eigenvalue weighted by Gasteiger charge is -2.10. The first-order valence-electron chi connectivity index (χ1n) is 9.76. The minimum Gasteiger partial charge on any atom is -0.398 e. The smallest absolute Gasteiger partial charge is 0.269 e. The van der Waals surface area contributed by atoms with Gasteiger partial charge < -0.3 is 11.5 Å². The van der Waals surface area contributed by atoms with Gasteiger partial charge in [0.1, 0.15) is 0 Å². The number of nitro groups is 2. The Labute approximate surface area is 191 Å². The minimum absolute atomic E-state index is 0.0569. The number of nitro benzene ring substituents is 2. The zero-order valence-corrected chi connectivity index (χ0v) is 17.4. The second kappa shape index (κ2) is 9.08. The zero-order valence-electron chi connectivity index (χ0n) is 17.4. The molecule has 0 aromatic heterocycles. The number of benzene rings is 4. The Morgan fingerprint density at radius 2 is 0.912 bits per heavy atom. The van der Waals surface area contributed by atoms with Crippen molar-refractivity contribution < 1.29 is 9.85 Å². The van der Waals surface area contributed by atoms with Crippen LogP contribution in [0.1, 0.15) is 0 Å². The van der Waals surface area contributed by atoms with Gasteiger partial charge in [0.05, 0.1) is 32.6 Å². The first-order valence-corrected chi connectivity index (χ1v) is 9.76. The van der Waals surface area contributed by atoms with Crippen LogP contribution in [0.5, 0.6) is 0 Å². The van der Waals surface area contributed by atoms with Gasteiger partial charge in [-0.2, -0.15) is 10.2 Å². The molecule has 0 bridgehead atoms. The first-order chi connectivity index (χ1) is 16.3. The van der Waals surface area contributed by atoms with Crippen molar-refractivity contribution in [3.05, 3.63) is 93.0 Å². The maximum atomic E-state index is 10.8. The van der Waals surface area contributed by atoms with Gasteiger partial charge in [-0.1, -0.05) is 0 Å². The van der Waals surface area contributed by atoms with Crippen molar-refractivity contribution in [3.63, 3.8) is 0 Å². The molecule has 4 rings (SSSR count). The molecule has 0 aliphatic rings. The van der Waals surface area contributed by atoms with E-state index in [1.165, 1.54) is 48.5 Å². The number of fused-ring (bicyclic) bond motifs is 1. The molecule has 0 unspecified atom stereocenters. The molecule has 4 aromatic carbocycles. The first kappa shape index (κ1) is 22.0. The normalized spacial score (nSPS) is 11.4. The number of hydrogen-bond donors (Lipinski definition) is 2. The summed E-state index contributed by atoms with van der Waals surface area (Å²) in [6, 6.07) is 17.8. The van der Waals surface area contributed by atoms with E-state index in [2.05, 4.69) is 20.5 Å². The Morgan fingerprint density at radius 3 is 1.26 bits per heavy atom. The summed E-state index contributed by atoms with van der Waals surface area (Å²) in [5.41, 5.74) is 14.6. The van der Waals surface area contributed by atoms with Gasteiger partial charge >= 0.3 is 0 Å². The van der Waals surface area contributed by atoms with Crippen molar-refractivity contribution >= 4 is 56.3 Å². The van der Waals surface area contributed by atoms with Crippen LogP contribution in [0.2, 0.25) is 0 Å². The highest BCUT2D eigenvalue weighted by Crippen LogP contribution is 2.41. The van der Waals surface area contributed by atoms with E-state index in [9.17, 15) is 20.2 Å². The van der Waals surface area contributed by atoms with E-state index in [0.717, 1.165) is 0 Å². The molecular weight excluding hydrogens is 440 g/mol. The highest BCUT2D eigenvalue weighted by molar-refractivity contribution is 6.12. The van der Waals surface area contributed by atoms with Gasteiger partial charge in [0.15, 0.2) is 0 Å². The van der Waals surface area contributed by atoms with E-state index in [4.69, 9.17) is 11.5 Å². The molecule has 0 aliphatic heterocycles. The predicted octanol–water partition coefficient (Wildman–Crippen LogP) is 6.65. The van der Waals surface area contributed by atoms with Crippen LogP contribution in [0.4, 0.5) is 45.5 Å². The molecule has 168 valence electrons. The molecule has 0 heterocycles. The van der Waals surface area contributed by atoms with Crippen molar-refractivity contribution in [1.82, 2.24) is 0 Å². The molecule has 12 nitrogen and oxygen atoms in total. The quantitative estimate of drug-likeness (QED) is 0.141. The lowest BCUT2D eigenvalue weighted by molar-refractivity contribution is -0.385. The van der Waals surface area contributed by atoms with Gasteiger partial charge in [-0.25, -0.2) is 0 Å². The lowest BCUT2D eigenvalue weighted by atomic mass is 10.0. The summed E-state index contributed by atoms with van der Waals surface area (Å²) in [7, 11) is 0. The van der Waals surface area contributed by atoms with E-state index >= 15 is 0 Å². The van der Waals surface area contributed by atoms with Crippen molar-refractivity contribution in [2.45, 2.75) is 0 Å². The molecule has 4 N–H and O–H groups in total. The fourth-order valence-corrected chi connectivity index (χ4v) is 3.19. The number of non-ortho nitro benzene ring substituents is 2. The molecule has 0 amide bonds. The largest absolute Gasteiger partial charge is 0.398 e. The van der Waals surface area contributed by atoms with Crippen LogP contribution in [0.25, 0.3) is 10.8 Å². The second-order valence-corrected chi connectivity index (χ2v) is 7.04. The number of hydrogen-bond acceptors (Lipinski definition) is 10. The lowest BCUT2D eigenvalue weighted by Crippen LogP contribution is -1.93. The Kier molecular flexibility index (Phi) is 5.86. The summed E-state index contributed by atoms with van der Waals surface area (Å²) in [6.45, 7) is 0. The molecule has 4 aromatic rings. The molecule has 0 saturated heterocycles. The van der Waals surface area contributed by atoms with Gasteiger partial charge in [-0.15, -0.1) is 10.2 Å². The number of anilines is 2. The third-order valence-corrected chi connectivity index (χ3v) is 4.85. The molecule has 0 spiro atoms. The summed E-state index contributed by atoms with van der Waals surface area (Å²) in [5, 5.41) is 39.6. The van der Waals surface area contributed by atoms with E-state index in [1.54, 1.807) is 24.3 Å². The van der Waals surface area contributed by atoms with Crippen LogP contribution in [-0.2, 0) is 0 Å².